The molecular weight excluding hydrogens is 190 g/mol. The average molecular weight is 205 g/mol. The largest absolute Gasteiger partial charge is 0.480 e. The lowest BCUT2D eigenvalue weighted by Gasteiger charge is -2.33. The zero-order chi connectivity index (χ0) is 10.0. The highest BCUT2D eigenvalue weighted by atomic mass is 32.2. The minimum atomic E-state index is -1.17. The highest BCUT2D eigenvalue weighted by Crippen LogP contribution is 2.23. The highest BCUT2D eigenvalue weighted by Gasteiger charge is 2.33. The molecule has 1 saturated heterocycles. The van der Waals surface area contributed by atoms with Gasteiger partial charge in [0.1, 0.15) is 6.04 Å². The summed E-state index contributed by atoms with van der Waals surface area (Å²) in [5.41, 5.74) is 0. The Morgan fingerprint density at radius 1 is 1.62 bits per heavy atom. The lowest BCUT2D eigenvalue weighted by molar-refractivity contribution is -0.142. The Kier molecular flexibility index (Phi) is 3.44. The molecule has 0 aromatic heterocycles. The van der Waals surface area contributed by atoms with Gasteiger partial charge in [0, 0.05) is 12.8 Å². The minimum Gasteiger partial charge on any atom is -0.480 e. The van der Waals surface area contributed by atoms with E-state index in [0.717, 1.165) is 6.42 Å². The first kappa shape index (κ1) is 10.7. The van der Waals surface area contributed by atoms with E-state index in [9.17, 15) is 9.00 Å². The van der Waals surface area contributed by atoms with Crippen LogP contribution < -0.4 is 0 Å². The van der Waals surface area contributed by atoms with E-state index in [0.29, 0.717) is 18.9 Å². The third kappa shape index (κ3) is 2.51. The van der Waals surface area contributed by atoms with Crippen molar-refractivity contribution < 1.29 is 14.1 Å². The molecule has 1 rings (SSSR count). The third-order valence-electron chi connectivity index (χ3n) is 2.43. The lowest BCUT2D eigenvalue weighted by Crippen LogP contribution is -2.47. The molecule has 0 spiro atoms. The fourth-order valence-electron chi connectivity index (χ4n) is 1.65. The first-order valence-electron chi connectivity index (χ1n) is 4.35. The van der Waals surface area contributed by atoms with E-state index in [4.69, 9.17) is 5.11 Å². The van der Waals surface area contributed by atoms with Crippen LogP contribution in [0.3, 0.4) is 0 Å². The van der Waals surface area contributed by atoms with Crippen LogP contribution in [0, 0.1) is 5.92 Å². The van der Waals surface area contributed by atoms with Gasteiger partial charge in [-0.05, 0) is 18.8 Å². The summed E-state index contributed by atoms with van der Waals surface area (Å²) in [4.78, 5) is 10.8. The Balaban J connectivity index is 2.72. The molecule has 0 saturated carbocycles. The predicted octanol–water partition coefficient (Wildman–Crippen LogP) is 0.465. The summed E-state index contributed by atoms with van der Waals surface area (Å²) in [6.45, 7) is 2.66. The van der Waals surface area contributed by atoms with Crippen molar-refractivity contribution in [1.82, 2.24) is 4.31 Å². The third-order valence-corrected chi connectivity index (χ3v) is 3.53. The number of carboxylic acids is 1. The topological polar surface area (TPSA) is 57.6 Å². The average Bonchev–Trinajstić information content (AvgIpc) is 2.03. The molecule has 0 aromatic rings. The van der Waals surface area contributed by atoms with Gasteiger partial charge in [-0.25, -0.2) is 8.51 Å². The fraction of sp³-hybridized carbons (Fsp3) is 0.875. The molecule has 5 heteroatoms. The molecule has 0 radical (unpaired) electrons. The molecule has 1 heterocycles. The van der Waals surface area contributed by atoms with Gasteiger partial charge >= 0.3 is 5.97 Å². The van der Waals surface area contributed by atoms with Crippen molar-refractivity contribution in [3.8, 4) is 0 Å². The number of carbonyl (C=O) groups is 1. The van der Waals surface area contributed by atoms with Gasteiger partial charge in [0.2, 0.25) is 0 Å². The number of nitrogens with zero attached hydrogens (tertiary/aromatic N) is 1. The van der Waals surface area contributed by atoms with Gasteiger partial charge in [-0.1, -0.05) is 6.92 Å². The molecule has 0 amide bonds. The van der Waals surface area contributed by atoms with E-state index < -0.39 is 23.0 Å². The van der Waals surface area contributed by atoms with Crippen molar-refractivity contribution in [1.29, 1.82) is 0 Å². The van der Waals surface area contributed by atoms with Crippen molar-refractivity contribution in [2.75, 3.05) is 12.8 Å². The second kappa shape index (κ2) is 4.19. The molecule has 76 valence electrons. The molecule has 0 aliphatic carbocycles. The Hall–Kier alpha value is -0.420. The summed E-state index contributed by atoms with van der Waals surface area (Å²) in [6.07, 6.45) is 3.07. The minimum absolute atomic E-state index is 0.417. The Morgan fingerprint density at radius 3 is 2.69 bits per heavy atom. The van der Waals surface area contributed by atoms with E-state index in [-0.39, 0.29) is 0 Å². The summed E-state index contributed by atoms with van der Waals surface area (Å²) >= 11 is 0. The summed E-state index contributed by atoms with van der Waals surface area (Å²) in [7, 11) is -1.17. The summed E-state index contributed by atoms with van der Waals surface area (Å²) in [5.74, 6) is -0.442. The van der Waals surface area contributed by atoms with Crippen LogP contribution in [0.4, 0.5) is 0 Å². The number of rotatable bonds is 2. The first-order valence-corrected chi connectivity index (χ1v) is 5.87. The number of hydrogen-bond acceptors (Lipinski definition) is 2. The van der Waals surface area contributed by atoms with Crippen molar-refractivity contribution in [3.05, 3.63) is 0 Å². The van der Waals surface area contributed by atoms with Crippen LogP contribution >= 0.6 is 0 Å². The molecular formula is C8H15NO3S. The van der Waals surface area contributed by atoms with Gasteiger partial charge in [0.15, 0.2) is 0 Å². The molecule has 0 bridgehead atoms. The number of carboxylic acid groups (broad SMARTS) is 1. The number of hydrogen-bond donors (Lipinski definition) is 1. The van der Waals surface area contributed by atoms with Crippen LogP contribution in [0.25, 0.3) is 0 Å². The molecule has 1 fully saturated rings. The lowest BCUT2D eigenvalue weighted by atomic mass is 9.94. The fourth-order valence-corrected chi connectivity index (χ4v) is 2.55. The monoisotopic (exact) mass is 205 g/mol. The zero-order valence-corrected chi connectivity index (χ0v) is 8.71. The molecule has 3 unspecified atom stereocenters. The van der Waals surface area contributed by atoms with E-state index in [1.165, 1.54) is 6.26 Å². The van der Waals surface area contributed by atoms with E-state index in [1.807, 2.05) is 6.92 Å². The van der Waals surface area contributed by atoms with Gasteiger partial charge in [-0.3, -0.25) is 4.79 Å². The van der Waals surface area contributed by atoms with Crippen LogP contribution in [0.5, 0.6) is 0 Å². The number of aliphatic carboxylic acids is 1. The second-order valence-electron chi connectivity index (χ2n) is 3.55. The maximum absolute atomic E-state index is 11.2. The highest BCUT2D eigenvalue weighted by molar-refractivity contribution is 7.81. The van der Waals surface area contributed by atoms with Gasteiger partial charge in [-0.2, -0.15) is 0 Å². The molecule has 13 heavy (non-hydrogen) atoms. The normalized spacial score (nSPS) is 32.8. The Morgan fingerprint density at radius 2 is 2.23 bits per heavy atom. The smallest absolute Gasteiger partial charge is 0.321 e. The van der Waals surface area contributed by atoms with Gasteiger partial charge in [-0.15, -0.1) is 0 Å². The maximum atomic E-state index is 11.2. The van der Waals surface area contributed by atoms with Crippen LogP contribution in [-0.4, -0.2) is 38.4 Å². The van der Waals surface area contributed by atoms with Gasteiger partial charge in [0.25, 0.3) is 0 Å². The van der Waals surface area contributed by atoms with E-state index in [2.05, 4.69) is 0 Å². The summed E-state index contributed by atoms with van der Waals surface area (Å²) in [5, 5.41) is 8.90. The molecule has 0 aromatic carbocycles. The van der Waals surface area contributed by atoms with Crippen molar-refractivity contribution in [2.45, 2.75) is 25.8 Å². The van der Waals surface area contributed by atoms with Crippen molar-refractivity contribution in [2.24, 2.45) is 5.92 Å². The SMILES string of the molecule is CC1CCN(S(C)=O)C(C(=O)O)C1. The summed E-state index contributed by atoms with van der Waals surface area (Å²) < 4.78 is 12.8. The van der Waals surface area contributed by atoms with Crippen LogP contribution in [-0.2, 0) is 15.8 Å². The van der Waals surface area contributed by atoms with Gasteiger partial charge in [0.05, 0.1) is 11.0 Å². The van der Waals surface area contributed by atoms with Crippen molar-refractivity contribution in [3.63, 3.8) is 0 Å². The standard InChI is InChI=1S/C8H15NO3S/c1-6-3-4-9(13(2)12)7(5-6)8(10)11/h6-7H,3-5H2,1-2H3,(H,10,11). The first-order chi connectivity index (χ1) is 6.02. The molecule has 1 aliphatic heterocycles. The quantitative estimate of drug-likeness (QED) is 0.712. The zero-order valence-electron chi connectivity index (χ0n) is 7.90. The summed E-state index contributed by atoms with van der Waals surface area (Å²) in [6, 6.07) is -0.561. The molecule has 1 aliphatic rings. The van der Waals surface area contributed by atoms with Crippen LogP contribution in [0.1, 0.15) is 19.8 Å². The number of piperidine rings is 1. The Labute approximate surface area is 80.5 Å². The Bertz CT molecular complexity index is 231. The molecule has 4 nitrogen and oxygen atoms in total. The van der Waals surface area contributed by atoms with Crippen molar-refractivity contribution >= 4 is 17.0 Å². The van der Waals surface area contributed by atoms with Gasteiger partial charge < -0.3 is 5.11 Å². The molecule has 3 atom stereocenters. The van der Waals surface area contributed by atoms with Crippen LogP contribution in [0.15, 0.2) is 0 Å². The predicted molar refractivity (Wildman–Crippen MR) is 50.6 cm³/mol. The van der Waals surface area contributed by atoms with E-state index in [1.54, 1.807) is 4.31 Å². The van der Waals surface area contributed by atoms with E-state index >= 15 is 0 Å². The second-order valence-corrected chi connectivity index (χ2v) is 4.86. The molecule has 1 N–H and O–H groups in total. The van der Waals surface area contributed by atoms with Crippen LogP contribution in [0.2, 0.25) is 0 Å². The maximum Gasteiger partial charge on any atom is 0.321 e.